The predicted molar refractivity (Wildman–Crippen MR) is 83.6 cm³/mol. The lowest BCUT2D eigenvalue weighted by Crippen LogP contribution is -2.25. The van der Waals surface area contributed by atoms with Crippen molar-refractivity contribution >= 4 is 33.6 Å². The van der Waals surface area contributed by atoms with Crippen molar-refractivity contribution < 1.29 is 4.79 Å². The molecule has 19 heavy (non-hydrogen) atoms. The highest BCUT2D eigenvalue weighted by atomic mass is 79.9. The van der Waals surface area contributed by atoms with E-state index in [1.54, 1.807) is 11.8 Å². The van der Waals surface area contributed by atoms with Gasteiger partial charge < -0.3 is 5.32 Å². The fourth-order valence-electron chi connectivity index (χ4n) is 1.58. The number of carbonyl (C=O) groups is 1. The summed E-state index contributed by atoms with van der Waals surface area (Å²) in [7, 11) is 0. The van der Waals surface area contributed by atoms with Gasteiger partial charge in [0.05, 0.1) is 0 Å². The molecule has 0 aromatic heterocycles. The summed E-state index contributed by atoms with van der Waals surface area (Å²) in [6, 6.07) is 17.6. The van der Waals surface area contributed by atoms with Crippen LogP contribution in [0.3, 0.4) is 0 Å². The van der Waals surface area contributed by atoms with E-state index in [9.17, 15) is 4.79 Å². The van der Waals surface area contributed by atoms with E-state index in [-0.39, 0.29) is 5.91 Å². The van der Waals surface area contributed by atoms with Gasteiger partial charge in [-0.05, 0) is 30.3 Å². The van der Waals surface area contributed by atoms with E-state index in [0.717, 1.165) is 10.2 Å². The predicted octanol–water partition coefficient (Wildman–Crippen LogP) is 3.97. The van der Waals surface area contributed by atoms with Crippen molar-refractivity contribution in [3.8, 4) is 0 Å². The van der Waals surface area contributed by atoms with Gasteiger partial charge in [0.15, 0.2) is 0 Å². The van der Waals surface area contributed by atoms with Crippen molar-refractivity contribution in [1.82, 2.24) is 5.32 Å². The zero-order valence-corrected chi connectivity index (χ0v) is 12.7. The molecule has 4 heteroatoms. The molecule has 1 amide bonds. The van der Waals surface area contributed by atoms with Gasteiger partial charge in [0.1, 0.15) is 0 Å². The van der Waals surface area contributed by atoms with E-state index in [2.05, 4.69) is 33.4 Å². The summed E-state index contributed by atoms with van der Waals surface area (Å²) in [5.41, 5.74) is 0.680. The van der Waals surface area contributed by atoms with Gasteiger partial charge in [0, 0.05) is 27.2 Å². The van der Waals surface area contributed by atoms with E-state index in [1.165, 1.54) is 4.90 Å². The SMILES string of the molecule is O=C(NCCSc1ccccc1)c1cccc(Br)c1. The van der Waals surface area contributed by atoms with Gasteiger partial charge in [-0.15, -0.1) is 11.8 Å². The first-order chi connectivity index (χ1) is 9.25. The van der Waals surface area contributed by atoms with Crippen LogP contribution in [0, 0.1) is 0 Å². The molecule has 1 N–H and O–H groups in total. The average molecular weight is 336 g/mol. The number of amides is 1. The van der Waals surface area contributed by atoms with Crippen LogP contribution in [0.4, 0.5) is 0 Å². The van der Waals surface area contributed by atoms with E-state index in [0.29, 0.717) is 12.1 Å². The Balaban J connectivity index is 1.75. The van der Waals surface area contributed by atoms with Crippen LogP contribution >= 0.6 is 27.7 Å². The number of halogens is 1. The molecule has 0 heterocycles. The highest BCUT2D eigenvalue weighted by Crippen LogP contribution is 2.16. The molecule has 0 aliphatic heterocycles. The molecule has 0 radical (unpaired) electrons. The Morgan fingerprint density at radius 2 is 1.89 bits per heavy atom. The van der Waals surface area contributed by atoms with Gasteiger partial charge in [-0.2, -0.15) is 0 Å². The van der Waals surface area contributed by atoms with Crippen LogP contribution in [-0.4, -0.2) is 18.2 Å². The largest absolute Gasteiger partial charge is 0.351 e. The Hall–Kier alpha value is -1.26. The number of benzene rings is 2. The minimum atomic E-state index is -0.0324. The van der Waals surface area contributed by atoms with E-state index < -0.39 is 0 Å². The minimum absolute atomic E-state index is 0.0324. The number of carbonyl (C=O) groups excluding carboxylic acids is 1. The van der Waals surface area contributed by atoms with Gasteiger partial charge in [0.25, 0.3) is 5.91 Å². The number of hydrogen-bond acceptors (Lipinski definition) is 2. The number of rotatable bonds is 5. The molecule has 0 spiro atoms. The molecule has 0 saturated heterocycles. The number of hydrogen-bond donors (Lipinski definition) is 1. The third kappa shape index (κ3) is 4.73. The quantitative estimate of drug-likeness (QED) is 0.661. The molecule has 0 saturated carbocycles. The fourth-order valence-corrected chi connectivity index (χ4v) is 2.77. The lowest BCUT2D eigenvalue weighted by Gasteiger charge is -2.05. The molecule has 2 nitrogen and oxygen atoms in total. The van der Waals surface area contributed by atoms with Gasteiger partial charge in [0.2, 0.25) is 0 Å². The van der Waals surface area contributed by atoms with Crippen molar-refractivity contribution in [2.24, 2.45) is 0 Å². The Labute approximate surface area is 125 Å². The minimum Gasteiger partial charge on any atom is -0.351 e. The topological polar surface area (TPSA) is 29.1 Å². The summed E-state index contributed by atoms with van der Waals surface area (Å²) in [4.78, 5) is 13.1. The fraction of sp³-hybridized carbons (Fsp3) is 0.133. The standard InChI is InChI=1S/C15H14BrNOS/c16-13-6-4-5-12(11-13)15(18)17-9-10-19-14-7-2-1-3-8-14/h1-8,11H,9-10H2,(H,17,18). The van der Waals surface area contributed by atoms with Crippen LogP contribution in [0.1, 0.15) is 10.4 Å². The van der Waals surface area contributed by atoms with E-state index >= 15 is 0 Å². The molecular weight excluding hydrogens is 322 g/mol. The average Bonchev–Trinajstić information content (AvgIpc) is 2.44. The molecule has 0 atom stereocenters. The smallest absolute Gasteiger partial charge is 0.251 e. The molecule has 98 valence electrons. The van der Waals surface area contributed by atoms with Crippen molar-refractivity contribution in [2.45, 2.75) is 4.90 Å². The summed E-state index contributed by atoms with van der Waals surface area (Å²) in [5, 5.41) is 2.92. The first-order valence-corrected chi connectivity index (χ1v) is 7.75. The van der Waals surface area contributed by atoms with E-state index in [1.807, 2.05) is 42.5 Å². The molecule has 2 rings (SSSR count). The number of thioether (sulfide) groups is 1. The third-order valence-electron chi connectivity index (χ3n) is 2.49. The van der Waals surface area contributed by atoms with Gasteiger partial charge in [-0.25, -0.2) is 0 Å². The molecule has 2 aromatic carbocycles. The Morgan fingerprint density at radius 1 is 1.11 bits per heavy atom. The van der Waals surface area contributed by atoms with Crippen LogP contribution < -0.4 is 5.32 Å². The molecule has 0 aliphatic rings. The lowest BCUT2D eigenvalue weighted by atomic mass is 10.2. The second-order valence-corrected chi connectivity index (χ2v) is 6.01. The highest BCUT2D eigenvalue weighted by molar-refractivity contribution is 9.10. The second-order valence-electron chi connectivity index (χ2n) is 3.93. The van der Waals surface area contributed by atoms with Gasteiger partial charge >= 0.3 is 0 Å². The van der Waals surface area contributed by atoms with Crippen molar-refractivity contribution in [3.63, 3.8) is 0 Å². The zero-order chi connectivity index (χ0) is 13.5. The van der Waals surface area contributed by atoms with Crippen LogP contribution in [0.15, 0.2) is 64.0 Å². The van der Waals surface area contributed by atoms with Crippen molar-refractivity contribution in [1.29, 1.82) is 0 Å². The molecule has 2 aromatic rings. The van der Waals surface area contributed by atoms with Crippen LogP contribution in [0.2, 0.25) is 0 Å². The van der Waals surface area contributed by atoms with Gasteiger partial charge in [-0.3, -0.25) is 4.79 Å². The lowest BCUT2D eigenvalue weighted by molar-refractivity contribution is 0.0956. The summed E-state index contributed by atoms with van der Waals surface area (Å²) >= 11 is 5.10. The van der Waals surface area contributed by atoms with Crippen molar-refractivity contribution in [3.05, 3.63) is 64.6 Å². The first-order valence-electron chi connectivity index (χ1n) is 5.97. The maximum absolute atomic E-state index is 11.9. The molecular formula is C15H14BrNOS. The summed E-state index contributed by atoms with van der Waals surface area (Å²) < 4.78 is 0.916. The summed E-state index contributed by atoms with van der Waals surface area (Å²) in [5.74, 6) is 0.832. The Bertz CT molecular complexity index is 545. The molecule has 0 aliphatic carbocycles. The number of nitrogens with one attached hydrogen (secondary N) is 1. The van der Waals surface area contributed by atoms with Crippen LogP contribution in [0.5, 0.6) is 0 Å². The Kier molecular flexibility index (Phi) is 5.48. The van der Waals surface area contributed by atoms with E-state index in [4.69, 9.17) is 0 Å². The second kappa shape index (κ2) is 7.36. The third-order valence-corrected chi connectivity index (χ3v) is 3.99. The molecule has 0 unspecified atom stereocenters. The summed E-state index contributed by atoms with van der Waals surface area (Å²) in [6.07, 6.45) is 0. The van der Waals surface area contributed by atoms with Crippen LogP contribution in [0.25, 0.3) is 0 Å². The molecule has 0 bridgehead atoms. The molecule has 0 fully saturated rings. The Morgan fingerprint density at radius 3 is 2.63 bits per heavy atom. The maximum Gasteiger partial charge on any atom is 0.251 e. The van der Waals surface area contributed by atoms with Crippen molar-refractivity contribution in [2.75, 3.05) is 12.3 Å². The van der Waals surface area contributed by atoms with Crippen LogP contribution in [-0.2, 0) is 0 Å². The van der Waals surface area contributed by atoms with Gasteiger partial charge in [-0.1, -0.05) is 40.2 Å². The zero-order valence-electron chi connectivity index (χ0n) is 10.3. The summed E-state index contributed by atoms with van der Waals surface area (Å²) in [6.45, 7) is 0.658. The first kappa shape index (κ1) is 14.2. The normalized spacial score (nSPS) is 10.2. The monoisotopic (exact) mass is 335 g/mol. The maximum atomic E-state index is 11.9. The highest BCUT2D eigenvalue weighted by Gasteiger charge is 2.04.